The molecule has 0 unspecified atom stereocenters. The first-order valence-corrected chi connectivity index (χ1v) is 10.6. The zero-order chi connectivity index (χ0) is 20.2. The van der Waals surface area contributed by atoms with Crippen LogP contribution >= 0.6 is 11.8 Å². The van der Waals surface area contributed by atoms with Gasteiger partial charge in [-0.1, -0.05) is 23.9 Å². The summed E-state index contributed by atoms with van der Waals surface area (Å²) in [6, 6.07) is 13.3. The normalized spacial score (nSPS) is 16.7. The lowest BCUT2D eigenvalue weighted by molar-refractivity contribution is -0.122. The number of amides is 2. The van der Waals surface area contributed by atoms with E-state index in [1.54, 1.807) is 23.8 Å². The molecule has 152 valence electrons. The molecule has 6 nitrogen and oxygen atoms in total. The standard InChI is InChI=1S/C22H24N2O4S/c1-27-13-10-24-18-7-6-16(23-21(25)15-8-11-28-12-9-15)14-20(18)29-19-5-3-2-4-17(19)22(24)26/h2-7,14-15H,8-13H2,1H3,(H,23,25). The molecule has 2 heterocycles. The van der Waals surface area contributed by atoms with Crippen molar-refractivity contribution in [2.24, 2.45) is 5.92 Å². The monoisotopic (exact) mass is 412 g/mol. The molecule has 2 aliphatic heterocycles. The van der Waals surface area contributed by atoms with E-state index in [0.29, 0.717) is 31.9 Å². The number of ether oxygens (including phenoxy) is 2. The second-order valence-electron chi connectivity index (χ2n) is 7.11. The Morgan fingerprint density at radius 2 is 2.00 bits per heavy atom. The quantitative estimate of drug-likeness (QED) is 0.809. The van der Waals surface area contributed by atoms with Crippen LogP contribution < -0.4 is 10.2 Å². The van der Waals surface area contributed by atoms with Gasteiger partial charge in [-0.05, 0) is 43.2 Å². The Balaban J connectivity index is 1.64. The summed E-state index contributed by atoms with van der Waals surface area (Å²) in [6.45, 7) is 2.17. The second-order valence-corrected chi connectivity index (χ2v) is 8.19. The van der Waals surface area contributed by atoms with Crippen molar-refractivity contribution in [3.63, 3.8) is 0 Å². The van der Waals surface area contributed by atoms with Crippen LogP contribution in [0.2, 0.25) is 0 Å². The smallest absolute Gasteiger partial charge is 0.259 e. The van der Waals surface area contributed by atoms with E-state index < -0.39 is 0 Å². The van der Waals surface area contributed by atoms with Gasteiger partial charge in [-0.2, -0.15) is 0 Å². The summed E-state index contributed by atoms with van der Waals surface area (Å²) < 4.78 is 10.6. The molecule has 1 N–H and O–H groups in total. The predicted molar refractivity (Wildman–Crippen MR) is 113 cm³/mol. The predicted octanol–water partition coefficient (Wildman–Crippen LogP) is 3.81. The third-order valence-electron chi connectivity index (χ3n) is 5.21. The van der Waals surface area contributed by atoms with Crippen LogP contribution in [0.5, 0.6) is 0 Å². The Labute approximate surface area is 174 Å². The first kappa shape index (κ1) is 19.9. The molecule has 0 aliphatic carbocycles. The number of methoxy groups -OCH3 is 1. The number of carbonyl (C=O) groups excluding carboxylic acids is 2. The number of carbonyl (C=O) groups is 2. The van der Waals surface area contributed by atoms with Gasteiger partial charge in [0, 0.05) is 48.3 Å². The van der Waals surface area contributed by atoms with E-state index in [9.17, 15) is 9.59 Å². The van der Waals surface area contributed by atoms with E-state index in [2.05, 4.69) is 5.32 Å². The molecule has 0 bridgehead atoms. The maximum atomic E-state index is 13.2. The lowest BCUT2D eigenvalue weighted by atomic mass is 9.99. The van der Waals surface area contributed by atoms with E-state index in [-0.39, 0.29) is 17.7 Å². The third-order valence-corrected chi connectivity index (χ3v) is 6.33. The Kier molecular flexibility index (Phi) is 6.18. The maximum Gasteiger partial charge on any atom is 0.259 e. The number of fused-ring (bicyclic) bond motifs is 2. The van der Waals surface area contributed by atoms with Crippen molar-refractivity contribution in [1.29, 1.82) is 0 Å². The average molecular weight is 413 g/mol. The Bertz CT molecular complexity index is 911. The number of anilines is 2. The van der Waals surface area contributed by atoms with Crippen molar-refractivity contribution in [2.75, 3.05) is 43.7 Å². The van der Waals surface area contributed by atoms with Crippen molar-refractivity contribution in [1.82, 2.24) is 0 Å². The number of benzene rings is 2. The fourth-order valence-electron chi connectivity index (χ4n) is 3.61. The molecular weight excluding hydrogens is 388 g/mol. The summed E-state index contributed by atoms with van der Waals surface area (Å²) in [4.78, 5) is 29.4. The molecule has 0 atom stereocenters. The zero-order valence-corrected chi connectivity index (χ0v) is 17.2. The molecule has 1 fully saturated rings. The van der Waals surface area contributed by atoms with Crippen LogP contribution in [0.4, 0.5) is 11.4 Å². The summed E-state index contributed by atoms with van der Waals surface area (Å²) in [5, 5.41) is 3.04. The molecule has 2 aromatic carbocycles. The number of hydrogen-bond donors (Lipinski definition) is 1. The SMILES string of the molecule is COCCN1C(=O)c2ccccc2Sc2cc(NC(=O)C3CCOCC3)ccc21. The number of nitrogens with one attached hydrogen (secondary N) is 1. The molecule has 29 heavy (non-hydrogen) atoms. The third kappa shape index (κ3) is 4.32. The summed E-state index contributed by atoms with van der Waals surface area (Å²) in [5.74, 6) is -0.0294. The molecule has 7 heteroatoms. The fourth-order valence-corrected chi connectivity index (χ4v) is 4.73. The molecule has 4 rings (SSSR count). The van der Waals surface area contributed by atoms with Crippen LogP contribution in [-0.2, 0) is 14.3 Å². The molecule has 2 amide bonds. The molecule has 0 saturated carbocycles. The minimum atomic E-state index is -0.0390. The fraction of sp³-hybridized carbons (Fsp3) is 0.364. The summed E-state index contributed by atoms with van der Waals surface area (Å²) >= 11 is 1.55. The number of nitrogens with zero attached hydrogens (tertiary/aromatic N) is 1. The van der Waals surface area contributed by atoms with Gasteiger partial charge in [0.25, 0.3) is 5.91 Å². The van der Waals surface area contributed by atoms with Gasteiger partial charge in [-0.25, -0.2) is 0 Å². The number of hydrogen-bond acceptors (Lipinski definition) is 5. The van der Waals surface area contributed by atoms with Gasteiger partial charge in [0.05, 0.1) is 17.9 Å². The van der Waals surface area contributed by atoms with Crippen molar-refractivity contribution in [3.05, 3.63) is 48.0 Å². The van der Waals surface area contributed by atoms with Crippen molar-refractivity contribution >= 4 is 35.0 Å². The zero-order valence-electron chi connectivity index (χ0n) is 16.3. The highest BCUT2D eigenvalue weighted by Gasteiger charge is 2.28. The van der Waals surface area contributed by atoms with Crippen LogP contribution in [0.15, 0.2) is 52.3 Å². The van der Waals surface area contributed by atoms with Gasteiger partial charge in [-0.15, -0.1) is 0 Å². The molecule has 1 saturated heterocycles. The van der Waals surface area contributed by atoms with Gasteiger partial charge >= 0.3 is 0 Å². The second kappa shape index (κ2) is 8.98. The Morgan fingerprint density at radius 1 is 1.21 bits per heavy atom. The van der Waals surface area contributed by atoms with Gasteiger partial charge < -0.3 is 19.7 Å². The minimum Gasteiger partial charge on any atom is -0.383 e. The van der Waals surface area contributed by atoms with Crippen LogP contribution in [0.1, 0.15) is 23.2 Å². The largest absolute Gasteiger partial charge is 0.383 e. The molecule has 0 radical (unpaired) electrons. The van der Waals surface area contributed by atoms with Gasteiger partial charge in [-0.3, -0.25) is 9.59 Å². The van der Waals surface area contributed by atoms with Gasteiger partial charge in [0.1, 0.15) is 0 Å². The molecule has 2 aromatic rings. The highest BCUT2D eigenvalue weighted by atomic mass is 32.2. The van der Waals surface area contributed by atoms with E-state index >= 15 is 0 Å². The number of rotatable bonds is 5. The minimum absolute atomic E-state index is 0.0179. The van der Waals surface area contributed by atoms with Crippen LogP contribution in [-0.4, -0.2) is 45.3 Å². The summed E-state index contributed by atoms with van der Waals surface area (Å²) in [6.07, 6.45) is 1.50. The topological polar surface area (TPSA) is 67.9 Å². The lowest BCUT2D eigenvalue weighted by Crippen LogP contribution is -2.34. The lowest BCUT2D eigenvalue weighted by Gasteiger charge is -2.24. The molecule has 0 spiro atoms. The molecule has 2 aliphatic rings. The van der Waals surface area contributed by atoms with Crippen LogP contribution in [0.3, 0.4) is 0 Å². The van der Waals surface area contributed by atoms with E-state index in [1.165, 1.54) is 0 Å². The van der Waals surface area contributed by atoms with Crippen molar-refractivity contribution < 1.29 is 19.1 Å². The van der Waals surface area contributed by atoms with Crippen LogP contribution in [0, 0.1) is 5.92 Å². The van der Waals surface area contributed by atoms with Crippen molar-refractivity contribution in [2.45, 2.75) is 22.6 Å². The van der Waals surface area contributed by atoms with E-state index in [0.717, 1.165) is 34.0 Å². The average Bonchev–Trinajstić information content (AvgIpc) is 2.87. The summed E-state index contributed by atoms with van der Waals surface area (Å²) in [7, 11) is 1.63. The van der Waals surface area contributed by atoms with Crippen LogP contribution in [0.25, 0.3) is 0 Å². The molecule has 0 aromatic heterocycles. The first-order valence-electron chi connectivity index (χ1n) is 9.77. The Morgan fingerprint density at radius 3 is 2.79 bits per heavy atom. The first-order chi connectivity index (χ1) is 14.2. The Hall–Kier alpha value is -2.35. The van der Waals surface area contributed by atoms with E-state index in [1.807, 2.05) is 42.5 Å². The van der Waals surface area contributed by atoms with Gasteiger partial charge in [0.15, 0.2) is 0 Å². The molecular formula is C22H24N2O4S. The highest BCUT2D eigenvalue weighted by molar-refractivity contribution is 7.99. The summed E-state index contributed by atoms with van der Waals surface area (Å²) in [5.41, 5.74) is 2.25. The maximum absolute atomic E-state index is 13.2. The van der Waals surface area contributed by atoms with E-state index in [4.69, 9.17) is 9.47 Å². The highest BCUT2D eigenvalue weighted by Crippen LogP contribution is 2.42. The van der Waals surface area contributed by atoms with Crippen molar-refractivity contribution in [3.8, 4) is 0 Å². The van der Waals surface area contributed by atoms with Gasteiger partial charge in [0.2, 0.25) is 5.91 Å².